The van der Waals surface area contributed by atoms with E-state index in [0.717, 1.165) is 11.3 Å². The maximum absolute atomic E-state index is 5.46. The van der Waals surface area contributed by atoms with E-state index >= 15 is 0 Å². The summed E-state index contributed by atoms with van der Waals surface area (Å²) in [6.07, 6.45) is 0. The van der Waals surface area contributed by atoms with Crippen LogP contribution < -0.4 is 4.74 Å². The first-order valence-electron chi connectivity index (χ1n) is 4.48. The fourth-order valence-electron chi connectivity index (χ4n) is 1.17. The smallest absolute Gasteiger partial charge is 0.284 e. The van der Waals surface area contributed by atoms with Crippen molar-refractivity contribution in [3.05, 3.63) is 40.6 Å². The molecule has 0 saturated carbocycles. The second-order valence-corrected chi connectivity index (χ2v) is 3.48. The lowest BCUT2D eigenvalue weighted by Crippen LogP contribution is -1.95. The van der Waals surface area contributed by atoms with Crippen molar-refractivity contribution in [3.8, 4) is 5.75 Å². The van der Waals surface area contributed by atoms with Crippen LogP contribution in [0.5, 0.6) is 5.75 Å². The van der Waals surface area contributed by atoms with Crippen LogP contribution in [0.3, 0.4) is 0 Å². The molecule has 5 heteroatoms. The van der Waals surface area contributed by atoms with Crippen LogP contribution in [-0.2, 0) is 6.61 Å². The number of nitrogens with one attached hydrogen (secondary N) is 1. The summed E-state index contributed by atoms with van der Waals surface area (Å²) in [5, 5.41) is 6.37. The standard InChI is InChI=1S/C10H10N2O2S/c1-7-3-2-4-8(5-7)13-6-9-11-12-10(15)14-9/h2-5H,6H2,1H3,(H,12,15). The maximum Gasteiger partial charge on any atom is 0.284 e. The van der Waals surface area contributed by atoms with Gasteiger partial charge in [0.25, 0.3) is 10.7 Å². The number of H-pyrrole nitrogens is 1. The predicted molar refractivity (Wildman–Crippen MR) is 57.2 cm³/mol. The number of benzene rings is 1. The van der Waals surface area contributed by atoms with Crippen LogP contribution in [0.2, 0.25) is 0 Å². The van der Waals surface area contributed by atoms with Gasteiger partial charge in [-0.1, -0.05) is 12.1 Å². The molecule has 2 rings (SSSR count). The van der Waals surface area contributed by atoms with E-state index in [-0.39, 0.29) is 11.4 Å². The average molecular weight is 222 g/mol. The molecule has 4 nitrogen and oxygen atoms in total. The van der Waals surface area contributed by atoms with Gasteiger partial charge in [0.2, 0.25) is 0 Å². The van der Waals surface area contributed by atoms with Crippen molar-refractivity contribution in [3.63, 3.8) is 0 Å². The van der Waals surface area contributed by atoms with Crippen LogP contribution in [-0.4, -0.2) is 10.2 Å². The van der Waals surface area contributed by atoms with E-state index in [9.17, 15) is 0 Å². The molecule has 15 heavy (non-hydrogen) atoms. The molecule has 1 heterocycles. The second kappa shape index (κ2) is 4.27. The van der Waals surface area contributed by atoms with E-state index in [0.29, 0.717) is 5.89 Å². The Balaban J connectivity index is 2.02. The number of nitrogens with zero attached hydrogens (tertiary/aromatic N) is 1. The zero-order valence-electron chi connectivity index (χ0n) is 8.19. The van der Waals surface area contributed by atoms with E-state index in [4.69, 9.17) is 21.4 Å². The summed E-state index contributed by atoms with van der Waals surface area (Å²) in [5.41, 5.74) is 1.15. The number of ether oxygens (including phenoxy) is 1. The molecular weight excluding hydrogens is 212 g/mol. The van der Waals surface area contributed by atoms with Gasteiger partial charge in [-0.05, 0) is 36.8 Å². The van der Waals surface area contributed by atoms with Crippen LogP contribution in [0.15, 0.2) is 28.7 Å². The third kappa shape index (κ3) is 2.66. The van der Waals surface area contributed by atoms with Gasteiger partial charge in [-0.3, -0.25) is 0 Å². The fourth-order valence-corrected chi connectivity index (χ4v) is 1.31. The van der Waals surface area contributed by atoms with Gasteiger partial charge in [0, 0.05) is 0 Å². The Morgan fingerprint density at radius 3 is 3.07 bits per heavy atom. The lowest BCUT2D eigenvalue weighted by molar-refractivity contribution is 0.261. The number of rotatable bonds is 3. The average Bonchev–Trinajstić information content (AvgIpc) is 2.62. The van der Waals surface area contributed by atoms with Gasteiger partial charge in [-0.2, -0.15) is 0 Å². The van der Waals surface area contributed by atoms with Gasteiger partial charge < -0.3 is 9.15 Å². The van der Waals surface area contributed by atoms with Crippen LogP contribution in [0.25, 0.3) is 0 Å². The van der Waals surface area contributed by atoms with Crippen molar-refractivity contribution in [2.45, 2.75) is 13.5 Å². The molecule has 0 saturated heterocycles. The molecule has 78 valence electrons. The molecule has 0 amide bonds. The summed E-state index contributed by atoms with van der Waals surface area (Å²) in [4.78, 5) is 0.262. The minimum absolute atomic E-state index is 0.262. The van der Waals surface area contributed by atoms with E-state index in [1.807, 2.05) is 31.2 Å². The van der Waals surface area contributed by atoms with E-state index in [2.05, 4.69) is 10.2 Å². The summed E-state index contributed by atoms with van der Waals surface area (Å²) in [6.45, 7) is 2.28. The molecule has 0 bridgehead atoms. The highest BCUT2D eigenvalue weighted by atomic mass is 32.1. The molecule has 0 unspecified atom stereocenters. The summed E-state index contributed by atoms with van der Waals surface area (Å²) >= 11 is 4.74. The highest BCUT2D eigenvalue weighted by Crippen LogP contribution is 2.13. The summed E-state index contributed by atoms with van der Waals surface area (Å²) < 4.78 is 10.5. The molecule has 0 radical (unpaired) electrons. The molecule has 0 aliphatic heterocycles. The predicted octanol–water partition coefficient (Wildman–Crippen LogP) is 2.62. The lowest BCUT2D eigenvalue weighted by Gasteiger charge is -2.03. The molecule has 0 spiro atoms. The van der Waals surface area contributed by atoms with E-state index < -0.39 is 0 Å². The van der Waals surface area contributed by atoms with Crippen LogP contribution in [0, 0.1) is 11.8 Å². The minimum Gasteiger partial charge on any atom is -0.484 e. The normalized spacial score (nSPS) is 10.2. The van der Waals surface area contributed by atoms with Gasteiger partial charge in [0.1, 0.15) is 5.75 Å². The van der Waals surface area contributed by atoms with Gasteiger partial charge in [-0.15, -0.1) is 5.10 Å². The topological polar surface area (TPSA) is 51.0 Å². The van der Waals surface area contributed by atoms with Crippen molar-refractivity contribution in [1.29, 1.82) is 0 Å². The maximum atomic E-state index is 5.46. The second-order valence-electron chi connectivity index (χ2n) is 3.11. The first kappa shape index (κ1) is 9.92. The quantitative estimate of drug-likeness (QED) is 0.811. The summed E-state index contributed by atoms with van der Waals surface area (Å²) in [5.74, 6) is 1.24. The Kier molecular flexibility index (Phi) is 2.82. The Morgan fingerprint density at radius 1 is 1.53 bits per heavy atom. The number of hydrogen-bond acceptors (Lipinski definition) is 4. The van der Waals surface area contributed by atoms with Gasteiger partial charge >= 0.3 is 0 Å². The zero-order valence-corrected chi connectivity index (χ0v) is 9.00. The molecule has 0 atom stereocenters. The minimum atomic E-state index is 0.262. The number of aromatic nitrogens is 2. The number of aryl methyl sites for hydroxylation is 1. The lowest BCUT2D eigenvalue weighted by atomic mass is 10.2. The number of hydrogen-bond donors (Lipinski definition) is 1. The molecule has 0 fully saturated rings. The highest BCUT2D eigenvalue weighted by molar-refractivity contribution is 7.71. The summed E-state index contributed by atoms with van der Waals surface area (Å²) in [6, 6.07) is 7.77. The molecule has 1 aromatic carbocycles. The SMILES string of the molecule is Cc1cccc(OCc2n[nH]c(=S)o2)c1. The highest BCUT2D eigenvalue weighted by Gasteiger charge is 2.00. The Labute approximate surface area is 91.9 Å². The third-order valence-corrected chi connectivity index (χ3v) is 2.01. The van der Waals surface area contributed by atoms with Crippen LogP contribution in [0.4, 0.5) is 0 Å². The molecule has 1 aromatic heterocycles. The fraction of sp³-hybridized carbons (Fsp3) is 0.200. The number of aromatic amines is 1. The largest absolute Gasteiger partial charge is 0.484 e. The Hall–Kier alpha value is -1.62. The molecule has 0 aliphatic rings. The van der Waals surface area contributed by atoms with E-state index in [1.54, 1.807) is 0 Å². The zero-order chi connectivity index (χ0) is 10.7. The van der Waals surface area contributed by atoms with Crippen molar-refractivity contribution < 1.29 is 9.15 Å². The van der Waals surface area contributed by atoms with E-state index in [1.165, 1.54) is 0 Å². The van der Waals surface area contributed by atoms with Gasteiger partial charge in [0.15, 0.2) is 6.61 Å². The van der Waals surface area contributed by atoms with Crippen LogP contribution >= 0.6 is 12.2 Å². The first-order valence-corrected chi connectivity index (χ1v) is 4.89. The molecule has 1 N–H and O–H groups in total. The Bertz CT molecular complexity index is 504. The third-order valence-electron chi connectivity index (χ3n) is 1.83. The van der Waals surface area contributed by atoms with Crippen molar-refractivity contribution in [2.75, 3.05) is 0 Å². The summed E-state index contributed by atoms with van der Waals surface area (Å²) in [7, 11) is 0. The Morgan fingerprint density at radius 2 is 2.40 bits per heavy atom. The monoisotopic (exact) mass is 222 g/mol. The molecule has 2 aromatic rings. The van der Waals surface area contributed by atoms with Crippen molar-refractivity contribution in [2.24, 2.45) is 0 Å². The molecule has 0 aliphatic carbocycles. The molecular formula is C10H10N2O2S. The van der Waals surface area contributed by atoms with Gasteiger partial charge in [-0.25, -0.2) is 5.10 Å². The van der Waals surface area contributed by atoms with Crippen LogP contribution in [0.1, 0.15) is 11.5 Å². The van der Waals surface area contributed by atoms with Crippen molar-refractivity contribution >= 4 is 12.2 Å². The van der Waals surface area contributed by atoms with Crippen molar-refractivity contribution in [1.82, 2.24) is 10.2 Å². The first-order chi connectivity index (χ1) is 7.24. The van der Waals surface area contributed by atoms with Gasteiger partial charge in [0.05, 0.1) is 0 Å².